The summed E-state index contributed by atoms with van der Waals surface area (Å²) in [7, 11) is 0. The highest BCUT2D eigenvalue weighted by Gasteiger charge is 2.23. The summed E-state index contributed by atoms with van der Waals surface area (Å²) in [5.74, 6) is 0.405. The molecule has 1 unspecified atom stereocenters. The van der Waals surface area contributed by atoms with Crippen LogP contribution in [0, 0.1) is 6.92 Å². The topological polar surface area (TPSA) is 64.0 Å². The van der Waals surface area contributed by atoms with Gasteiger partial charge < -0.3 is 5.32 Å². The lowest BCUT2D eigenvalue weighted by molar-refractivity contribution is -0.122. The number of amides is 1. The Morgan fingerprint density at radius 3 is 2.93 bits per heavy atom. The molecule has 0 radical (unpaired) electrons. The van der Waals surface area contributed by atoms with E-state index in [-0.39, 0.29) is 24.1 Å². The van der Waals surface area contributed by atoms with Crippen molar-refractivity contribution in [2.75, 3.05) is 0 Å². The van der Waals surface area contributed by atoms with Crippen LogP contribution < -0.4 is 10.9 Å². The van der Waals surface area contributed by atoms with Crippen molar-refractivity contribution in [1.29, 1.82) is 0 Å². The fraction of sp³-hybridized carbons (Fsp3) is 0.261. The molecule has 1 N–H and O–H groups in total. The number of rotatable bonds is 4. The predicted octanol–water partition coefficient (Wildman–Crippen LogP) is 4.69. The van der Waals surface area contributed by atoms with Crippen LogP contribution in [-0.2, 0) is 17.8 Å². The lowest BCUT2D eigenvalue weighted by atomic mass is 9.88. The Kier molecular flexibility index (Phi) is 5.00. The molecule has 7 heteroatoms. The van der Waals surface area contributed by atoms with E-state index in [2.05, 4.69) is 22.4 Å². The van der Waals surface area contributed by atoms with E-state index in [1.807, 2.05) is 35.0 Å². The van der Waals surface area contributed by atoms with Crippen LogP contribution in [0.2, 0.25) is 0 Å². The fourth-order valence-corrected chi connectivity index (χ4v) is 6.01. The molecule has 1 aliphatic rings. The van der Waals surface area contributed by atoms with Gasteiger partial charge in [0.15, 0.2) is 0 Å². The van der Waals surface area contributed by atoms with E-state index in [4.69, 9.17) is 0 Å². The number of carbonyl (C=O) groups is 1. The zero-order valence-electron chi connectivity index (χ0n) is 16.6. The van der Waals surface area contributed by atoms with Crippen molar-refractivity contribution < 1.29 is 4.79 Å². The van der Waals surface area contributed by atoms with Gasteiger partial charge in [-0.1, -0.05) is 30.3 Å². The van der Waals surface area contributed by atoms with Gasteiger partial charge >= 0.3 is 0 Å². The van der Waals surface area contributed by atoms with Crippen molar-refractivity contribution in [3.8, 4) is 10.4 Å². The smallest absolute Gasteiger partial charge is 0.263 e. The first-order chi connectivity index (χ1) is 14.6. The molecule has 0 bridgehead atoms. The molecular formula is C23H21N3O2S2. The maximum Gasteiger partial charge on any atom is 0.263 e. The van der Waals surface area contributed by atoms with Gasteiger partial charge in [-0.05, 0) is 48.8 Å². The highest BCUT2D eigenvalue weighted by Crippen LogP contribution is 2.34. The summed E-state index contributed by atoms with van der Waals surface area (Å²) in [5, 5.41) is 7.72. The van der Waals surface area contributed by atoms with Crippen molar-refractivity contribution in [2.24, 2.45) is 0 Å². The molecule has 30 heavy (non-hydrogen) atoms. The second kappa shape index (κ2) is 7.81. The van der Waals surface area contributed by atoms with Crippen LogP contribution in [0.5, 0.6) is 0 Å². The van der Waals surface area contributed by atoms with E-state index in [1.54, 1.807) is 18.3 Å². The Morgan fingerprint density at radius 2 is 2.10 bits per heavy atom. The van der Waals surface area contributed by atoms with Crippen molar-refractivity contribution in [2.45, 2.75) is 38.8 Å². The summed E-state index contributed by atoms with van der Waals surface area (Å²) in [5.41, 5.74) is 3.23. The summed E-state index contributed by atoms with van der Waals surface area (Å²) in [6.07, 6.45) is 3.01. The molecule has 1 amide bonds. The zero-order chi connectivity index (χ0) is 20.7. The number of fused-ring (bicyclic) bond motifs is 2. The summed E-state index contributed by atoms with van der Waals surface area (Å²) >= 11 is 3.07. The highest BCUT2D eigenvalue weighted by atomic mass is 32.1. The van der Waals surface area contributed by atoms with Gasteiger partial charge in [0, 0.05) is 15.8 Å². The van der Waals surface area contributed by atoms with Gasteiger partial charge in [0.2, 0.25) is 5.91 Å². The number of nitrogens with zero attached hydrogens (tertiary/aromatic N) is 2. The SMILES string of the molecule is Cc1nc2scc(-c3cccs3)c2c(=O)n1CC(=O)NC1CCCc2ccccc21. The van der Waals surface area contributed by atoms with Gasteiger partial charge in [0.1, 0.15) is 17.2 Å². The lowest BCUT2D eigenvalue weighted by Gasteiger charge is -2.26. The number of aromatic nitrogens is 2. The third-order valence-corrected chi connectivity index (χ3v) is 7.45. The first-order valence-electron chi connectivity index (χ1n) is 10.0. The number of hydrogen-bond acceptors (Lipinski definition) is 5. The van der Waals surface area contributed by atoms with Crippen molar-refractivity contribution >= 4 is 38.8 Å². The van der Waals surface area contributed by atoms with Gasteiger partial charge in [-0.3, -0.25) is 14.2 Å². The molecule has 3 heterocycles. The third kappa shape index (κ3) is 3.38. The first kappa shape index (κ1) is 19.2. The summed E-state index contributed by atoms with van der Waals surface area (Å²) in [6, 6.07) is 12.2. The molecule has 0 spiro atoms. The minimum absolute atomic E-state index is 0.00187. The lowest BCUT2D eigenvalue weighted by Crippen LogP contribution is -2.37. The van der Waals surface area contributed by atoms with E-state index in [1.165, 1.54) is 27.0 Å². The van der Waals surface area contributed by atoms with Crippen molar-refractivity contribution in [3.05, 3.63) is 74.5 Å². The van der Waals surface area contributed by atoms with Crippen LogP contribution in [0.15, 0.2) is 52.0 Å². The molecular weight excluding hydrogens is 414 g/mol. The van der Waals surface area contributed by atoms with E-state index in [9.17, 15) is 9.59 Å². The zero-order valence-corrected chi connectivity index (χ0v) is 18.2. The normalized spacial score (nSPS) is 15.8. The van der Waals surface area contributed by atoms with E-state index in [0.717, 1.165) is 34.5 Å². The Hall–Kier alpha value is -2.77. The standard InChI is InChI=1S/C23H21N3O2S2/c1-14-24-22-21(17(13-30-22)19-10-5-11-29-19)23(28)26(14)12-20(27)25-18-9-4-7-15-6-2-3-8-16(15)18/h2-3,5-6,8,10-11,13,18H,4,7,9,12H2,1H3,(H,25,27). The van der Waals surface area contributed by atoms with Crippen LogP contribution >= 0.6 is 22.7 Å². The molecule has 0 saturated carbocycles. The molecule has 3 aromatic heterocycles. The number of hydrogen-bond donors (Lipinski definition) is 1. The maximum absolute atomic E-state index is 13.3. The highest BCUT2D eigenvalue weighted by molar-refractivity contribution is 7.18. The number of carbonyl (C=O) groups excluding carboxylic acids is 1. The summed E-state index contributed by atoms with van der Waals surface area (Å²) < 4.78 is 1.50. The van der Waals surface area contributed by atoms with Crippen LogP contribution in [0.4, 0.5) is 0 Å². The molecule has 1 atom stereocenters. The van der Waals surface area contributed by atoms with Crippen LogP contribution in [0.3, 0.4) is 0 Å². The Balaban J connectivity index is 1.45. The maximum atomic E-state index is 13.3. The van der Waals surface area contributed by atoms with E-state index in [0.29, 0.717) is 11.2 Å². The Bertz CT molecular complexity index is 1290. The number of aryl methyl sites for hydroxylation is 2. The van der Waals surface area contributed by atoms with Gasteiger partial charge in [-0.15, -0.1) is 22.7 Å². The van der Waals surface area contributed by atoms with E-state index < -0.39 is 0 Å². The molecule has 0 aliphatic heterocycles. The van der Waals surface area contributed by atoms with E-state index >= 15 is 0 Å². The number of benzene rings is 1. The second-order valence-corrected chi connectivity index (χ2v) is 9.37. The Morgan fingerprint density at radius 1 is 1.23 bits per heavy atom. The monoisotopic (exact) mass is 435 g/mol. The van der Waals surface area contributed by atoms with Crippen LogP contribution in [0.1, 0.15) is 35.8 Å². The van der Waals surface area contributed by atoms with Crippen molar-refractivity contribution in [1.82, 2.24) is 14.9 Å². The molecule has 5 nitrogen and oxygen atoms in total. The minimum Gasteiger partial charge on any atom is -0.348 e. The average Bonchev–Trinajstić information content (AvgIpc) is 3.41. The minimum atomic E-state index is -0.157. The molecule has 4 aromatic rings. The molecule has 0 fully saturated rings. The van der Waals surface area contributed by atoms with Crippen molar-refractivity contribution in [3.63, 3.8) is 0 Å². The van der Waals surface area contributed by atoms with Gasteiger partial charge in [0.05, 0.1) is 11.4 Å². The van der Waals surface area contributed by atoms with Gasteiger partial charge in [-0.2, -0.15) is 0 Å². The fourth-order valence-electron chi connectivity index (χ4n) is 4.21. The molecule has 1 aromatic carbocycles. The average molecular weight is 436 g/mol. The second-order valence-electron chi connectivity index (χ2n) is 7.57. The number of nitrogens with one attached hydrogen (secondary N) is 1. The third-order valence-electron chi connectivity index (χ3n) is 5.68. The predicted molar refractivity (Wildman–Crippen MR) is 122 cm³/mol. The number of thiophene rings is 2. The first-order valence-corrected chi connectivity index (χ1v) is 11.8. The van der Waals surface area contributed by atoms with Crippen LogP contribution in [-0.4, -0.2) is 15.5 Å². The molecule has 1 aliphatic carbocycles. The Labute approximate surface area is 182 Å². The summed E-state index contributed by atoms with van der Waals surface area (Å²) in [4.78, 5) is 32.6. The molecule has 0 saturated heterocycles. The molecule has 5 rings (SSSR count). The summed E-state index contributed by atoms with van der Waals surface area (Å²) in [6.45, 7) is 1.76. The largest absolute Gasteiger partial charge is 0.348 e. The van der Waals surface area contributed by atoms with Gasteiger partial charge in [-0.25, -0.2) is 4.98 Å². The molecule has 152 valence electrons. The van der Waals surface area contributed by atoms with Gasteiger partial charge in [0.25, 0.3) is 5.56 Å². The quantitative estimate of drug-likeness (QED) is 0.506. The van der Waals surface area contributed by atoms with Crippen LogP contribution in [0.25, 0.3) is 20.7 Å².